The Kier molecular flexibility index (Phi) is 5.67. The molecule has 0 saturated carbocycles. The summed E-state index contributed by atoms with van der Waals surface area (Å²) in [6, 6.07) is 5.52. The maximum Gasteiger partial charge on any atom is 0.255 e. The standard InChI is InChI=1S/C20H24ClN3O2/c1-13-4-6-24(7-5-13)20(25)15-9-16(12-22-11-15)23-18-8-14(2)17(21)10-19(18)26-3/h8-13,23H,4-7H2,1-3H3. The van der Waals surface area contributed by atoms with Crippen molar-refractivity contribution < 1.29 is 9.53 Å². The van der Waals surface area contributed by atoms with Gasteiger partial charge in [0.05, 0.1) is 30.2 Å². The Morgan fingerprint density at radius 3 is 2.69 bits per heavy atom. The van der Waals surface area contributed by atoms with E-state index in [2.05, 4.69) is 17.2 Å². The zero-order chi connectivity index (χ0) is 18.7. The largest absolute Gasteiger partial charge is 0.495 e. The minimum absolute atomic E-state index is 0.0345. The summed E-state index contributed by atoms with van der Waals surface area (Å²) in [5, 5.41) is 3.93. The number of pyridine rings is 1. The molecule has 1 N–H and O–H groups in total. The van der Waals surface area contributed by atoms with Crippen molar-refractivity contribution >= 4 is 28.9 Å². The lowest BCUT2D eigenvalue weighted by Crippen LogP contribution is -2.37. The number of rotatable bonds is 4. The third-order valence-electron chi connectivity index (χ3n) is 4.82. The van der Waals surface area contributed by atoms with Gasteiger partial charge in [0.15, 0.2) is 0 Å². The highest BCUT2D eigenvalue weighted by atomic mass is 35.5. The van der Waals surface area contributed by atoms with Gasteiger partial charge in [-0.2, -0.15) is 0 Å². The number of aryl methyl sites for hydroxylation is 1. The number of likely N-dealkylation sites (tertiary alicyclic amines) is 1. The number of halogens is 1. The first-order chi connectivity index (χ1) is 12.5. The van der Waals surface area contributed by atoms with Gasteiger partial charge in [0.2, 0.25) is 0 Å². The molecule has 3 rings (SSSR count). The third kappa shape index (κ3) is 4.10. The highest BCUT2D eigenvalue weighted by Gasteiger charge is 2.22. The molecule has 0 unspecified atom stereocenters. The first kappa shape index (κ1) is 18.5. The molecule has 1 aromatic carbocycles. The summed E-state index contributed by atoms with van der Waals surface area (Å²) in [5.41, 5.74) is 3.06. The minimum Gasteiger partial charge on any atom is -0.495 e. The molecule has 26 heavy (non-hydrogen) atoms. The average molecular weight is 374 g/mol. The minimum atomic E-state index is 0.0345. The Hall–Kier alpha value is -2.27. The van der Waals surface area contributed by atoms with E-state index in [1.165, 1.54) is 0 Å². The molecule has 1 amide bonds. The molecule has 1 aliphatic heterocycles. The van der Waals surface area contributed by atoms with E-state index >= 15 is 0 Å². The fraction of sp³-hybridized carbons (Fsp3) is 0.400. The van der Waals surface area contributed by atoms with Crippen molar-refractivity contribution in [1.29, 1.82) is 0 Å². The zero-order valence-corrected chi connectivity index (χ0v) is 16.1. The van der Waals surface area contributed by atoms with Crippen molar-refractivity contribution in [2.24, 2.45) is 5.92 Å². The highest BCUT2D eigenvalue weighted by Crippen LogP contribution is 2.33. The van der Waals surface area contributed by atoms with Crippen LogP contribution in [-0.4, -0.2) is 36.0 Å². The lowest BCUT2D eigenvalue weighted by atomic mass is 9.99. The fourth-order valence-electron chi connectivity index (χ4n) is 3.10. The molecular weight excluding hydrogens is 350 g/mol. The smallest absolute Gasteiger partial charge is 0.255 e. The molecule has 0 spiro atoms. The van der Waals surface area contributed by atoms with Gasteiger partial charge in [-0.3, -0.25) is 9.78 Å². The molecule has 6 heteroatoms. The number of piperidine rings is 1. The maximum absolute atomic E-state index is 12.7. The van der Waals surface area contributed by atoms with Crippen LogP contribution in [0.4, 0.5) is 11.4 Å². The van der Waals surface area contributed by atoms with E-state index in [1.807, 2.05) is 24.0 Å². The number of anilines is 2. The van der Waals surface area contributed by atoms with E-state index in [4.69, 9.17) is 16.3 Å². The molecule has 1 fully saturated rings. The van der Waals surface area contributed by atoms with E-state index in [9.17, 15) is 4.79 Å². The molecule has 1 aliphatic rings. The van der Waals surface area contributed by atoms with Crippen molar-refractivity contribution in [2.75, 3.05) is 25.5 Å². The van der Waals surface area contributed by atoms with Gasteiger partial charge in [0.1, 0.15) is 5.75 Å². The Morgan fingerprint density at radius 2 is 2.00 bits per heavy atom. The van der Waals surface area contributed by atoms with Gasteiger partial charge in [0.25, 0.3) is 5.91 Å². The summed E-state index contributed by atoms with van der Waals surface area (Å²) >= 11 is 6.16. The van der Waals surface area contributed by atoms with Gasteiger partial charge in [-0.05, 0) is 43.4 Å². The quantitative estimate of drug-likeness (QED) is 0.846. The molecule has 138 valence electrons. The van der Waals surface area contributed by atoms with Crippen LogP contribution < -0.4 is 10.1 Å². The number of ether oxygens (including phenoxy) is 1. The van der Waals surface area contributed by atoms with Crippen LogP contribution in [0, 0.1) is 12.8 Å². The Bertz CT molecular complexity index is 802. The second kappa shape index (κ2) is 7.96. The molecule has 0 radical (unpaired) electrons. The van der Waals surface area contributed by atoms with Crippen LogP contribution in [0.1, 0.15) is 35.7 Å². The molecule has 2 aromatic rings. The number of nitrogens with zero attached hydrogens (tertiary/aromatic N) is 2. The van der Waals surface area contributed by atoms with Crippen molar-refractivity contribution in [3.8, 4) is 5.75 Å². The van der Waals surface area contributed by atoms with Crippen LogP contribution in [0.2, 0.25) is 5.02 Å². The van der Waals surface area contributed by atoms with Gasteiger partial charge in [-0.25, -0.2) is 0 Å². The monoisotopic (exact) mass is 373 g/mol. The van der Waals surface area contributed by atoms with Crippen LogP contribution in [0.25, 0.3) is 0 Å². The van der Waals surface area contributed by atoms with Crippen LogP contribution in [0.15, 0.2) is 30.6 Å². The second-order valence-corrected chi connectivity index (χ2v) is 7.27. The summed E-state index contributed by atoms with van der Waals surface area (Å²) in [6.45, 7) is 5.78. The lowest BCUT2D eigenvalue weighted by molar-refractivity contribution is 0.0697. The summed E-state index contributed by atoms with van der Waals surface area (Å²) in [5.74, 6) is 1.36. The zero-order valence-electron chi connectivity index (χ0n) is 15.4. The number of nitrogens with one attached hydrogen (secondary N) is 1. The molecular formula is C20H24ClN3O2. The number of benzene rings is 1. The van der Waals surface area contributed by atoms with Gasteiger partial charge < -0.3 is 15.0 Å². The predicted octanol–water partition coefficient (Wildman–Crippen LogP) is 4.67. The Morgan fingerprint density at radius 1 is 1.27 bits per heavy atom. The Labute approximate surface area is 159 Å². The van der Waals surface area contributed by atoms with Gasteiger partial charge in [-0.1, -0.05) is 18.5 Å². The molecule has 1 aromatic heterocycles. The molecule has 2 heterocycles. The van der Waals surface area contributed by atoms with Crippen molar-refractivity contribution in [3.05, 3.63) is 46.7 Å². The van der Waals surface area contributed by atoms with Gasteiger partial charge in [-0.15, -0.1) is 0 Å². The van der Waals surface area contributed by atoms with Crippen LogP contribution in [0.3, 0.4) is 0 Å². The van der Waals surface area contributed by atoms with E-state index in [0.717, 1.165) is 42.9 Å². The third-order valence-corrected chi connectivity index (χ3v) is 5.22. The first-order valence-corrected chi connectivity index (χ1v) is 9.21. The highest BCUT2D eigenvalue weighted by molar-refractivity contribution is 6.31. The first-order valence-electron chi connectivity index (χ1n) is 8.83. The summed E-state index contributed by atoms with van der Waals surface area (Å²) in [7, 11) is 1.60. The second-order valence-electron chi connectivity index (χ2n) is 6.86. The number of hydrogen-bond acceptors (Lipinski definition) is 4. The molecule has 0 aliphatic carbocycles. The number of methoxy groups -OCH3 is 1. The van der Waals surface area contributed by atoms with Crippen molar-refractivity contribution in [2.45, 2.75) is 26.7 Å². The summed E-state index contributed by atoms with van der Waals surface area (Å²) in [6.07, 6.45) is 5.42. The van der Waals surface area contributed by atoms with Gasteiger partial charge >= 0.3 is 0 Å². The number of amides is 1. The van der Waals surface area contributed by atoms with Crippen molar-refractivity contribution in [3.63, 3.8) is 0 Å². The molecule has 0 bridgehead atoms. The molecule has 0 atom stereocenters. The topological polar surface area (TPSA) is 54.5 Å². The van der Waals surface area contributed by atoms with Crippen LogP contribution in [0.5, 0.6) is 5.75 Å². The summed E-state index contributed by atoms with van der Waals surface area (Å²) in [4.78, 5) is 18.9. The van der Waals surface area contributed by atoms with Crippen LogP contribution in [-0.2, 0) is 0 Å². The van der Waals surface area contributed by atoms with Crippen molar-refractivity contribution in [1.82, 2.24) is 9.88 Å². The van der Waals surface area contributed by atoms with E-state index in [0.29, 0.717) is 22.3 Å². The fourth-order valence-corrected chi connectivity index (χ4v) is 3.26. The number of carbonyl (C=O) groups is 1. The molecule has 1 saturated heterocycles. The Balaban J connectivity index is 1.80. The SMILES string of the molecule is COc1cc(Cl)c(C)cc1Nc1cncc(C(=O)N2CCC(C)CC2)c1. The van der Waals surface area contributed by atoms with E-state index in [1.54, 1.807) is 25.6 Å². The van der Waals surface area contributed by atoms with Gasteiger partial charge in [0, 0.05) is 30.4 Å². The maximum atomic E-state index is 12.7. The average Bonchev–Trinajstić information content (AvgIpc) is 2.65. The molecule has 5 nitrogen and oxygen atoms in total. The number of carbonyl (C=O) groups excluding carboxylic acids is 1. The van der Waals surface area contributed by atoms with E-state index in [-0.39, 0.29) is 5.91 Å². The number of aromatic nitrogens is 1. The predicted molar refractivity (Wildman–Crippen MR) is 105 cm³/mol. The lowest BCUT2D eigenvalue weighted by Gasteiger charge is -2.30. The number of hydrogen-bond donors (Lipinski definition) is 1. The summed E-state index contributed by atoms with van der Waals surface area (Å²) < 4.78 is 5.39. The van der Waals surface area contributed by atoms with E-state index < -0.39 is 0 Å². The normalized spacial score (nSPS) is 15.0. The van der Waals surface area contributed by atoms with Crippen LogP contribution >= 0.6 is 11.6 Å².